The lowest BCUT2D eigenvalue weighted by molar-refractivity contribution is 0.704. The molecular weight excluding hydrogens is 218 g/mol. The lowest BCUT2D eigenvalue weighted by atomic mass is 10.5. The van der Waals surface area contributed by atoms with Gasteiger partial charge >= 0.3 is 0 Å². The number of hydrogen-bond acceptors (Lipinski definition) is 4. The molecule has 0 amide bonds. The smallest absolute Gasteiger partial charge is 0.293 e. The Morgan fingerprint density at radius 3 is 2.94 bits per heavy atom. The minimum atomic E-state index is -0.0827. The molecule has 0 spiro atoms. The number of aryl methyl sites for hydroxylation is 1. The predicted molar refractivity (Wildman–Crippen MR) is 64.9 cm³/mol. The van der Waals surface area contributed by atoms with Gasteiger partial charge < -0.3 is 14.5 Å². The molecule has 6 nitrogen and oxygen atoms in total. The minimum Gasteiger partial charge on any atom is -0.364 e. The molecule has 0 atom stereocenters. The van der Waals surface area contributed by atoms with E-state index in [9.17, 15) is 4.79 Å². The fourth-order valence-electron chi connectivity index (χ4n) is 1.54. The van der Waals surface area contributed by atoms with E-state index in [1.54, 1.807) is 29.5 Å². The third-order valence-corrected chi connectivity index (χ3v) is 2.48. The van der Waals surface area contributed by atoms with Gasteiger partial charge in [-0.15, -0.1) is 0 Å². The first-order valence-electron chi connectivity index (χ1n) is 5.56. The summed E-state index contributed by atoms with van der Waals surface area (Å²) in [5, 5.41) is 3.03. The van der Waals surface area contributed by atoms with E-state index in [1.165, 1.54) is 0 Å². The summed E-state index contributed by atoms with van der Waals surface area (Å²) in [5.74, 6) is 0.398. The average Bonchev–Trinajstić information content (AvgIpc) is 2.84. The van der Waals surface area contributed by atoms with Crippen LogP contribution in [0.3, 0.4) is 0 Å². The number of aromatic nitrogens is 4. The molecular formula is C11H15N5O. The molecule has 0 fully saturated rings. The van der Waals surface area contributed by atoms with Crippen molar-refractivity contribution in [2.75, 3.05) is 11.9 Å². The van der Waals surface area contributed by atoms with Crippen LogP contribution in [0, 0.1) is 0 Å². The van der Waals surface area contributed by atoms with E-state index in [-0.39, 0.29) is 5.56 Å². The van der Waals surface area contributed by atoms with Crippen LogP contribution in [0.5, 0.6) is 0 Å². The molecule has 0 aliphatic rings. The molecule has 0 saturated heterocycles. The highest BCUT2D eigenvalue weighted by atomic mass is 16.1. The van der Waals surface area contributed by atoms with Gasteiger partial charge in [-0.3, -0.25) is 4.79 Å². The molecule has 0 aliphatic carbocycles. The van der Waals surface area contributed by atoms with Gasteiger partial charge in [-0.2, -0.15) is 0 Å². The van der Waals surface area contributed by atoms with Gasteiger partial charge in [0.25, 0.3) is 5.56 Å². The Labute approximate surface area is 98.9 Å². The summed E-state index contributed by atoms with van der Waals surface area (Å²) < 4.78 is 3.56. The predicted octanol–water partition coefficient (Wildman–Crippen LogP) is 0.572. The van der Waals surface area contributed by atoms with E-state index in [0.29, 0.717) is 18.9 Å². The standard InChI is InChI=1S/C11H15N5O/c1-2-16-8-5-14-10(11(16)17)13-4-7-15-6-3-12-9-15/h3,5-6,8-9H,2,4,7H2,1H3,(H,13,14). The molecule has 0 radical (unpaired) electrons. The van der Waals surface area contributed by atoms with Crippen LogP contribution in [0.15, 0.2) is 35.9 Å². The number of rotatable bonds is 5. The highest BCUT2D eigenvalue weighted by Gasteiger charge is 2.02. The number of nitrogens with zero attached hydrogens (tertiary/aromatic N) is 4. The van der Waals surface area contributed by atoms with Gasteiger partial charge in [-0.05, 0) is 6.92 Å². The highest BCUT2D eigenvalue weighted by Crippen LogP contribution is 1.93. The Balaban J connectivity index is 1.97. The lowest BCUT2D eigenvalue weighted by Gasteiger charge is -2.07. The average molecular weight is 233 g/mol. The first kappa shape index (κ1) is 11.4. The Hall–Kier alpha value is -2.11. The van der Waals surface area contributed by atoms with Crippen molar-refractivity contribution in [1.29, 1.82) is 0 Å². The van der Waals surface area contributed by atoms with E-state index < -0.39 is 0 Å². The molecule has 2 rings (SSSR count). The second-order valence-corrected chi connectivity index (χ2v) is 3.59. The van der Waals surface area contributed by atoms with Gasteiger partial charge in [-0.1, -0.05) is 0 Å². The van der Waals surface area contributed by atoms with Crippen LogP contribution >= 0.6 is 0 Å². The molecule has 90 valence electrons. The molecule has 2 heterocycles. The summed E-state index contributed by atoms with van der Waals surface area (Å²) in [6.07, 6.45) is 8.66. The Kier molecular flexibility index (Phi) is 3.54. The molecule has 2 aromatic rings. The molecule has 0 aliphatic heterocycles. The van der Waals surface area contributed by atoms with Crippen LogP contribution in [-0.4, -0.2) is 25.6 Å². The second-order valence-electron chi connectivity index (χ2n) is 3.59. The van der Waals surface area contributed by atoms with Crippen molar-refractivity contribution in [3.8, 4) is 0 Å². The van der Waals surface area contributed by atoms with Gasteiger partial charge in [0.05, 0.1) is 6.33 Å². The van der Waals surface area contributed by atoms with Gasteiger partial charge in [0.1, 0.15) is 0 Å². The third kappa shape index (κ3) is 2.72. The minimum absolute atomic E-state index is 0.0827. The Bertz CT molecular complexity index is 517. The van der Waals surface area contributed by atoms with Gasteiger partial charge in [-0.25, -0.2) is 9.97 Å². The molecule has 2 aromatic heterocycles. The quantitative estimate of drug-likeness (QED) is 0.820. The van der Waals surface area contributed by atoms with E-state index in [4.69, 9.17) is 0 Å². The van der Waals surface area contributed by atoms with Crippen molar-refractivity contribution in [2.45, 2.75) is 20.0 Å². The Morgan fingerprint density at radius 1 is 1.35 bits per heavy atom. The maximum Gasteiger partial charge on any atom is 0.293 e. The fourth-order valence-corrected chi connectivity index (χ4v) is 1.54. The summed E-state index contributed by atoms with van der Waals surface area (Å²) >= 11 is 0. The molecule has 0 unspecified atom stereocenters. The Morgan fingerprint density at radius 2 is 2.24 bits per heavy atom. The largest absolute Gasteiger partial charge is 0.364 e. The van der Waals surface area contributed by atoms with Gasteiger partial charge in [0.2, 0.25) is 0 Å². The topological polar surface area (TPSA) is 64.7 Å². The fraction of sp³-hybridized carbons (Fsp3) is 0.364. The van der Waals surface area contributed by atoms with Crippen molar-refractivity contribution >= 4 is 5.82 Å². The van der Waals surface area contributed by atoms with Crippen LogP contribution in [0.4, 0.5) is 5.82 Å². The monoisotopic (exact) mass is 233 g/mol. The summed E-state index contributed by atoms with van der Waals surface area (Å²) in [4.78, 5) is 19.8. The summed E-state index contributed by atoms with van der Waals surface area (Å²) in [6.45, 7) is 3.97. The van der Waals surface area contributed by atoms with E-state index >= 15 is 0 Å². The van der Waals surface area contributed by atoms with Crippen LogP contribution in [-0.2, 0) is 13.1 Å². The summed E-state index contributed by atoms with van der Waals surface area (Å²) in [5.41, 5.74) is -0.0827. The van der Waals surface area contributed by atoms with Crippen LogP contribution in [0.25, 0.3) is 0 Å². The number of imidazole rings is 1. The van der Waals surface area contributed by atoms with Crippen molar-refractivity contribution in [1.82, 2.24) is 19.1 Å². The maximum atomic E-state index is 11.8. The normalized spacial score (nSPS) is 10.4. The van der Waals surface area contributed by atoms with E-state index in [1.807, 2.05) is 17.7 Å². The number of hydrogen-bond donors (Lipinski definition) is 1. The molecule has 0 bridgehead atoms. The van der Waals surface area contributed by atoms with Crippen molar-refractivity contribution in [2.24, 2.45) is 0 Å². The van der Waals surface area contributed by atoms with Gasteiger partial charge in [0, 0.05) is 44.4 Å². The second kappa shape index (κ2) is 5.29. The number of nitrogens with one attached hydrogen (secondary N) is 1. The van der Waals surface area contributed by atoms with Crippen LogP contribution in [0.2, 0.25) is 0 Å². The van der Waals surface area contributed by atoms with Gasteiger partial charge in [0.15, 0.2) is 5.82 Å². The zero-order valence-electron chi connectivity index (χ0n) is 9.71. The molecule has 17 heavy (non-hydrogen) atoms. The highest BCUT2D eigenvalue weighted by molar-refractivity contribution is 5.30. The van der Waals surface area contributed by atoms with E-state index in [0.717, 1.165) is 6.54 Å². The zero-order chi connectivity index (χ0) is 12.1. The molecule has 0 saturated carbocycles. The number of anilines is 1. The molecule has 0 aromatic carbocycles. The summed E-state index contributed by atoms with van der Waals surface area (Å²) in [6, 6.07) is 0. The lowest BCUT2D eigenvalue weighted by Crippen LogP contribution is -2.24. The van der Waals surface area contributed by atoms with Crippen LogP contribution in [0.1, 0.15) is 6.92 Å². The van der Waals surface area contributed by atoms with Crippen molar-refractivity contribution < 1.29 is 0 Å². The summed E-state index contributed by atoms with van der Waals surface area (Å²) in [7, 11) is 0. The molecule has 6 heteroatoms. The van der Waals surface area contributed by atoms with E-state index in [2.05, 4.69) is 15.3 Å². The SMILES string of the molecule is CCn1ccnc(NCCn2ccnc2)c1=O. The van der Waals surface area contributed by atoms with Crippen molar-refractivity contribution in [3.05, 3.63) is 41.5 Å². The zero-order valence-corrected chi connectivity index (χ0v) is 9.71. The maximum absolute atomic E-state index is 11.8. The first-order chi connectivity index (χ1) is 8.31. The first-order valence-corrected chi connectivity index (χ1v) is 5.56. The molecule has 1 N–H and O–H groups in total. The van der Waals surface area contributed by atoms with Crippen LogP contribution < -0.4 is 10.9 Å². The third-order valence-electron chi connectivity index (χ3n) is 2.48. The van der Waals surface area contributed by atoms with Crippen molar-refractivity contribution in [3.63, 3.8) is 0 Å².